The topological polar surface area (TPSA) is 94.5 Å². The van der Waals surface area contributed by atoms with Crippen LogP contribution in [0.3, 0.4) is 0 Å². The molecule has 2 rings (SSSR count). The van der Waals surface area contributed by atoms with Crippen LogP contribution in [0, 0.1) is 0 Å². The van der Waals surface area contributed by atoms with Gasteiger partial charge in [0.15, 0.2) is 0 Å². The van der Waals surface area contributed by atoms with Gasteiger partial charge in [-0.15, -0.1) is 0 Å². The van der Waals surface area contributed by atoms with Crippen LogP contribution in [0.4, 0.5) is 4.79 Å². The third-order valence-electron chi connectivity index (χ3n) is 3.44. The third kappa shape index (κ3) is 3.02. The minimum Gasteiger partial charge on any atom is -0.390 e. The second-order valence-corrected chi connectivity index (χ2v) is 4.72. The van der Waals surface area contributed by atoms with E-state index >= 15 is 0 Å². The number of rotatable bonds is 3. The third-order valence-corrected chi connectivity index (χ3v) is 3.44. The maximum Gasteiger partial charge on any atom is 0.315 e. The minimum atomic E-state index is -0.965. The molecule has 6 nitrogen and oxygen atoms in total. The lowest BCUT2D eigenvalue weighted by Crippen LogP contribution is -2.49. The normalized spacial score (nSPS) is 30.1. The number of aromatic nitrogens is 1. The number of pyridine rings is 1. The molecule has 1 aliphatic carbocycles. The summed E-state index contributed by atoms with van der Waals surface area (Å²) in [6.45, 7) is 2.33. The van der Waals surface area contributed by atoms with Crippen molar-refractivity contribution in [3.05, 3.63) is 30.1 Å². The Morgan fingerprint density at radius 1 is 1.53 bits per heavy atom. The number of amides is 2. The highest BCUT2D eigenvalue weighted by atomic mass is 16.3. The number of nitrogens with zero attached hydrogens (tertiary/aromatic N) is 1. The summed E-state index contributed by atoms with van der Waals surface area (Å²) in [5, 5.41) is 25.1. The Morgan fingerprint density at radius 3 is 2.95 bits per heavy atom. The van der Waals surface area contributed by atoms with Crippen molar-refractivity contribution >= 4 is 6.03 Å². The summed E-state index contributed by atoms with van der Waals surface area (Å²) in [4.78, 5) is 15.6. The highest BCUT2D eigenvalue weighted by Crippen LogP contribution is 2.34. The number of carbonyl (C=O) groups is 1. The summed E-state index contributed by atoms with van der Waals surface area (Å²) in [7, 11) is 0. The van der Waals surface area contributed by atoms with Gasteiger partial charge in [-0.05, 0) is 25.0 Å². The van der Waals surface area contributed by atoms with E-state index in [0.717, 1.165) is 5.56 Å². The van der Waals surface area contributed by atoms with Crippen molar-refractivity contribution in [2.24, 2.45) is 0 Å². The lowest BCUT2D eigenvalue weighted by molar-refractivity contribution is 0.0319. The van der Waals surface area contributed by atoms with E-state index in [9.17, 15) is 15.0 Å². The van der Waals surface area contributed by atoms with Crippen LogP contribution < -0.4 is 10.6 Å². The van der Waals surface area contributed by atoms with Gasteiger partial charge in [0.25, 0.3) is 0 Å². The standard InChI is InChI=1S/C13H19N3O3/c1-2-15-13(19)16-11-9(6-10(17)12(11)18)8-4-3-5-14-7-8/h3-5,7,9-12,17-18H,2,6H2,1H3,(H2,15,16,19)/t9-,10-,11-,12-/m1/s1. The second kappa shape index (κ2) is 5.99. The zero-order chi connectivity index (χ0) is 13.8. The summed E-state index contributed by atoms with van der Waals surface area (Å²) in [6.07, 6.45) is 1.97. The van der Waals surface area contributed by atoms with Crippen LogP contribution in [0.15, 0.2) is 24.5 Å². The predicted molar refractivity (Wildman–Crippen MR) is 69.6 cm³/mol. The van der Waals surface area contributed by atoms with Crippen LogP contribution >= 0.6 is 0 Å². The zero-order valence-corrected chi connectivity index (χ0v) is 10.8. The van der Waals surface area contributed by atoms with Gasteiger partial charge in [-0.1, -0.05) is 6.07 Å². The first-order valence-corrected chi connectivity index (χ1v) is 6.44. The Balaban J connectivity index is 2.14. The van der Waals surface area contributed by atoms with Gasteiger partial charge in [0.05, 0.1) is 12.1 Å². The van der Waals surface area contributed by atoms with E-state index in [-0.39, 0.29) is 11.9 Å². The van der Waals surface area contributed by atoms with Crippen molar-refractivity contribution in [1.29, 1.82) is 0 Å². The van der Waals surface area contributed by atoms with Crippen LogP contribution in [0.1, 0.15) is 24.8 Å². The monoisotopic (exact) mass is 265 g/mol. The van der Waals surface area contributed by atoms with E-state index in [1.165, 1.54) is 0 Å². The first-order chi connectivity index (χ1) is 9.13. The first-order valence-electron chi connectivity index (χ1n) is 6.44. The lowest BCUT2D eigenvalue weighted by Gasteiger charge is -2.23. The van der Waals surface area contributed by atoms with Crippen molar-refractivity contribution < 1.29 is 15.0 Å². The predicted octanol–water partition coefficient (Wildman–Crippen LogP) is -0.0216. The average molecular weight is 265 g/mol. The summed E-state index contributed by atoms with van der Waals surface area (Å²) in [5.41, 5.74) is 0.903. The van der Waals surface area contributed by atoms with E-state index in [4.69, 9.17) is 0 Å². The van der Waals surface area contributed by atoms with Gasteiger partial charge < -0.3 is 20.8 Å². The fourth-order valence-electron chi connectivity index (χ4n) is 2.51. The molecule has 4 N–H and O–H groups in total. The van der Waals surface area contributed by atoms with E-state index in [1.807, 2.05) is 13.0 Å². The molecule has 0 saturated heterocycles. The van der Waals surface area contributed by atoms with Gasteiger partial charge in [0.2, 0.25) is 0 Å². The molecule has 0 unspecified atom stereocenters. The molecule has 0 spiro atoms. The van der Waals surface area contributed by atoms with Gasteiger partial charge in [0.1, 0.15) is 6.10 Å². The minimum absolute atomic E-state index is 0.138. The molecule has 0 bridgehead atoms. The van der Waals surface area contributed by atoms with Gasteiger partial charge in [-0.25, -0.2) is 4.79 Å². The van der Waals surface area contributed by atoms with Crippen LogP contribution in [0.5, 0.6) is 0 Å². The van der Waals surface area contributed by atoms with Crippen molar-refractivity contribution in [2.45, 2.75) is 37.5 Å². The molecule has 2 amide bonds. The fraction of sp³-hybridized carbons (Fsp3) is 0.538. The van der Waals surface area contributed by atoms with Crippen LogP contribution in [-0.4, -0.2) is 46.0 Å². The molecule has 0 aromatic carbocycles. The molecule has 19 heavy (non-hydrogen) atoms. The van der Waals surface area contributed by atoms with E-state index in [0.29, 0.717) is 13.0 Å². The zero-order valence-electron chi connectivity index (χ0n) is 10.8. The fourth-order valence-corrected chi connectivity index (χ4v) is 2.51. The summed E-state index contributed by atoms with van der Waals surface area (Å²) >= 11 is 0. The molecule has 1 saturated carbocycles. The van der Waals surface area contributed by atoms with Crippen molar-refractivity contribution in [2.75, 3.05) is 6.54 Å². The highest BCUT2D eigenvalue weighted by molar-refractivity contribution is 5.74. The first kappa shape index (κ1) is 13.8. The molecule has 6 heteroatoms. The Labute approximate surface area is 111 Å². The number of hydrogen-bond donors (Lipinski definition) is 4. The maximum absolute atomic E-state index is 11.6. The largest absolute Gasteiger partial charge is 0.390 e. The lowest BCUT2D eigenvalue weighted by atomic mass is 9.95. The number of nitrogens with one attached hydrogen (secondary N) is 2. The summed E-state index contributed by atoms with van der Waals surface area (Å²) in [6, 6.07) is 2.84. The van der Waals surface area contributed by atoms with E-state index < -0.39 is 18.2 Å². The molecule has 0 aliphatic heterocycles. The van der Waals surface area contributed by atoms with E-state index in [2.05, 4.69) is 15.6 Å². The Hall–Kier alpha value is -1.66. The molecule has 1 heterocycles. The number of urea groups is 1. The average Bonchev–Trinajstić information content (AvgIpc) is 2.68. The molecule has 4 atom stereocenters. The number of aliphatic hydroxyl groups is 2. The molecule has 1 aromatic heterocycles. The highest BCUT2D eigenvalue weighted by Gasteiger charge is 2.43. The summed E-state index contributed by atoms with van der Waals surface area (Å²) < 4.78 is 0. The van der Waals surface area contributed by atoms with Crippen LogP contribution in [0.25, 0.3) is 0 Å². The number of aliphatic hydroxyl groups excluding tert-OH is 2. The van der Waals surface area contributed by atoms with Gasteiger partial charge in [-0.2, -0.15) is 0 Å². The molecule has 1 fully saturated rings. The van der Waals surface area contributed by atoms with Crippen molar-refractivity contribution in [3.8, 4) is 0 Å². The Morgan fingerprint density at radius 2 is 2.32 bits per heavy atom. The molecule has 104 valence electrons. The van der Waals surface area contributed by atoms with Crippen molar-refractivity contribution in [3.63, 3.8) is 0 Å². The molecular formula is C13H19N3O3. The van der Waals surface area contributed by atoms with Crippen LogP contribution in [-0.2, 0) is 0 Å². The molecular weight excluding hydrogens is 246 g/mol. The summed E-state index contributed by atoms with van der Waals surface area (Å²) in [5.74, 6) is -0.138. The van der Waals surface area contributed by atoms with Gasteiger partial charge in [-0.3, -0.25) is 4.98 Å². The van der Waals surface area contributed by atoms with E-state index in [1.54, 1.807) is 18.5 Å². The number of carbonyl (C=O) groups excluding carboxylic acids is 1. The number of hydrogen-bond acceptors (Lipinski definition) is 4. The second-order valence-electron chi connectivity index (χ2n) is 4.72. The van der Waals surface area contributed by atoms with Gasteiger partial charge >= 0.3 is 6.03 Å². The Bertz CT molecular complexity index is 426. The maximum atomic E-state index is 11.6. The Kier molecular flexibility index (Phi) is 4.34. The SMILES string of the molecule is CCNC(=O)N[C@H]1[C@H](O)[C@H](O)C[C@@H]1c1cccnc1. The smallest absolute Gasteiger partial charge is 0.315 e. The molecule has 1 aromatic rings. The van der Waals surface area contributed by atoms with Crippen LogP contribution in [0.2, 0.25) is 0 Å². The molecule has 0 radical (unpaired) electrons. The van der Waals surface area contributed by atoms with Gasteiger partial charge in [0, 0.05) is 24.9 Å². The van der Waals surface area contributed by atoms with Crippen molar-refractivity contribution in [1.82, 2.24) is 15.6 Å². The molecule has 1 aliphatic rings. The quantitative estimate of drug-likeness (QED) is 0.617.